The van der Waals surface area contributed by atoms with Crippen LogP contribution in [0.4, 0.5) is 0 Å². The van der Waals surface area contributed by atoms with Gasteiger partial charge in [-0.25, -0.2) is 0 Å². The summed E-state index contributed by atoms with van der Waals surface area (Å²) in [7, 11) is -4.35. The molecular formula is C21H19NO6S. The topological polar surface area (TPSA) is 97.8 Å². The fraction of sp³-hybridized carbons (Fsp3) is 0.381. The molecule has 0 aromatic heterocycles. The summed E-state index contributed by atoms with van der Waals surface area (Å²) in [4.78, 5) is 38.2. The lowest BCUT2D eigenvalue weighted by Crippen LogP contribution is -2.45. The number of ketones is 1. The molecule has 5 rings (SSSR count). The molecule has 2 saturated carbocycles. The third-order valence-corrected chi connectivity index (χ3v) is 8.14. The van der Waals surface area contributed by atoms with E-state index in [0.29, 0.717) is 28.7 Å². The minimum absolute atomic E-state index is 0.0596. The van der Waals surface area contributed by atoms with Crippen molar-refractivity contribution < 1.29 is 27.1 Å². The lowest BCUT2D eigenvalue weighted by molar-refractivity contribution is -0.126. The number of hydroxylamine groups is 2. The highest BCUT2D eigenvalue weighted by molar-refractivity contribution is 7.86. The lowest BCUT2D eigenvalue weighted by atomic mass is 9.81. The smallest absolute Gasteiger partial charge is 0.289 e. The molecule has 8 heteroatoms. The fourth-order valence-electron chi connectivity index (χ4n) is 5.30. The molecule has 2 aliphatic carbocycles. The first-order valence-corrected chi connectivity index (χ1v) is 11.2. The number of Topliss-reactive ketones (excluding diaryl/α,β-unsaturated/α-hetero) is 1. The molecule has 3 atom stereocenters. The van der Waals surface area contributed by atoms with E-state index in [1.165, 1.54) is 12.1 Å². The van der Waals surface area contributed by atoms with Crippen LogP contribution < -0.4 is 0 Å². The minimum atomic E-state index is -4.35. The molecule has 0 N–H and O–H groups in total. The Morgan fingerprint density at radius 3 is 2.21 bits per heavy atom. The Bertz CT molecular complexity index is 1150. The van der Waals surface area contributed by atoms with Crippen molar-refractivity contribution in [2.24, 2.45) is 17.3 Å². The molecule has 1 heterocycles. The number of hydrogen-bond donors (Lipinski definition) is 0. The molecule has 7 nitrogen and oxygen atoms in total. The van der Waals surface area contributed by atoms with Crippen LogP contribution in [-0.2, 0) is 19.2 Å². The van der Waals surface area contributed by atoms with Gasteiger partial charge in [0, 0.05) is 17.2 Å². The quantitative estimate of drug-likeness (QED) is 0.715. The van der Waals surface area contributed by atoms with Crippen LogP contribution in [0.1, 0.15) is 46.9 Å². The average molecular weight is 413 g/mol. The zero-order chi connectivity index (χ0) is 20.6. The van der Waals surface area contributed by atoms with Gasteiger partial charge in [0.15, 0.2) is 0 Å². The minimum Gasteiger partial charge on any atom is -0.299 e. The zero-order valence-electron chi connectivity index (χ0n) is 15.8. The van der Waals surface area contributed by atoms with Crippen molar-refractivity contribution >= 4 is 38.5 Å². The Balaban J connectivity index is 1.49. The molecule has 2 amide bonds. The Labute approximate surface area is 167 Å². The van der Waals surface area contributed by atoms with Crippen LogP contribution in [0, 0.1) is 17.3 Å². The maximum absolute atomic E-state index is 12.9. The predicted octanol–water partition coefficient (Wildman–Crippen LogP) is 2.70. The third kappa shape index (κ3) is 2.52. The van der Waals surface area contributed by atoms with E-state index in [4.69, 9.17) is 4.28 Å². The normalized spacial score (nSPS) is 28.6. The second-order valence-electron chi connectivity index (χ2n) is 8.26. The molecule has 3 unspecified atom stereocenters. The number of imide groups is 1. The first kappa shape index (κ1) is 18.4. The van der Waals surface area contributed by atoms with E-state index in [2.05, 4.69) is 0 Å². The van der Waals surface area contributed by atoms with Crippen molar-refractivity contribution in [2.45, 2.75) is 26.2 Å². The number of benzene rings is 2. The third-order valence-electron chi connectivity index (χ3n) is 6.90. The Morgan fingerprint density at radius 2 is 1.69 bits per heavy atom. The van der Waals surface area contributed by atoms with Crippen LogP contribution in [0.15, 0.2) is 36.4 Å². The molecule has 2 aromatic carbocycles. The molecule has 0 radical (unpaired) electrons. The first-order chi connectivity index (χ1) is 13.7. The standard InChI is InChI=1S/C21H19NO6S/c1-12-14-8-9-21(12,17(23)10-14)11-29(26,27)28-22-19(24)15-6-2-4-13-5-3-7-16(18(13)15)20(22)25/h2-7,12,14H,8-11H2,1H3. The number of hydrogen-bond acceptors (Lipinski definition) is 6. The molecule has 0 saturated heterocycles. The molecule has 29 heavy (non-hydrogen) atoms. The number of amides is 2. The largest absolute Gasteiger partial charge is 0.299 e. The summed E-state index contributed by atoms with van der Waals surface area (Å²) in [5.41, 5.74) is -0.571. The van der Waals surface area contributed by atoms with Crippen LogP contribution in [0.3, 0.4) is 0 Å². The molecule has 1 aliphatic heterocycles. The molecule has 2 aromatic rings. The van der Waals surface area contributed by atoms with E-state index >= 15 is 0 Å². The summed E-state index contributed by atoms with van der Waals surface area (Å²) in [6.07, 6.45) is 1.68. The van der Waals surface area contributed by atoms with Gasteiger partial charge in [0.1, 0.15) is 5.78 Å². The number of carbonyl (C=O) groups is 3. The van der Waals surface area contributed by atoms with Gasteiger partial charge in [-0.05, 0) is 42.2 Å². The van der Waals surface area contributed by atoms with Gasteiger partial charge < -0.3 is 0 Å². The summed E-state index contributed by atoms with van der Waals surface area (Å²) in [6.45, 7) is 1.90. The fourth-order valence-corrected chi connectivity index (χ4v) is 6.92. The van der Waals surface area contributed by atoms with Gasteiger partial charge in [-0.2, -0.15) is 8.42 Å². The molecule has 0 spiro atoms. The summed E-state index contributed by atoms with van der Waals surface area (Å²) in [5.74, 6) is -2.10. The van der Waals surface area contributed by atoms with Gasteiger partial charge in [-0.15, -0.1) is 9.35 Å². The van der Waals surface area contributed by atoms with Crippen molar-refractivity contribution in [3.05, 3.63) is 47.5 Å². The summed E-state index contributed by atoms with van der Waals surface area (Å²) < 4.78 is 30.8. The molecular weight excluding hydrogens is 394 g/mol. The maximum atomic E-state index is 12.9. The lowest BCUT2D eigenvalue weighted by Gasteiger charge is -2.30. The average Bonchev–Trinajstić information content (AvgIpc) is 3.10. The monoisotopic (exact) mass is 413 g/mol. The Hall–Kier alpha value is -2.58. The van der Waals surface area contributed by atoms with Gasteiger partial charge in [-0.1, -0.05) is 31.2 Å². The van der Waals surface area contributed by atoms with Crippen molar-refractivity contribution in [1.82, 2.24) is 5.06 Å². The molecule has 2 fully saturated rings. The van der Waals surface area contributed by atoms with E-state index in [1.54, 1.807) is 24.3 Å². The Morgan fingerprint density at radius 1 is 1.07 bits per heavy atom. The number of fused-ring (bicyclic) bond motifs is 2. The van der Waals surface area contributed by atoms with Crippen LogP contribution in [0.25, 0.3) is 10.8 Å². The highest BCUT2D eigenvalue weighted by Crippen LogP contribution is 2.56. The van der Waals surface area contributed by atoms with Gasteiger partial charge in [0.05, 0.1) is 16.9 Å². The van der Waals surface area contributed by atoms with Crippen LogP contribution in [-0.4, -0.2) is 36.8 Å². The van der Waals surface area contributed by atoms with E-state index < -0.39 is 33.1 Å². The van der Waals surface area contributed by atoms with Crippen molar-refractivity contribution in [3.63, 3.8) is 0 Å². The first-order valence-electron chi connectivity index (χ1n) is 9.60. The highest BCUT2D eigenvalue weighted by Gasteiger charge is 2.59. The summed E-state index contributed by atoms with van der Waals surface area (Å²) >= 11 is 0. The maximum Gasteiger partial charge on any atom is 0.289 e. The van der Waals surface area contributed by atoms with Crippen LogP contribution in [0.2, 0.25) is 0 Å². The van der Waals surface area contributed by atoms with Crippen molar-refractivity contribution in [2.75, 3.05) is 5.75 Å². The predicted molar refractivity (Wildman–Crippen MR) is 103 cm³/mol. The van der Waals surface area contributed by atoms with Crippen LogP contribution in [0.5, 0.6) is 0 Å². The summed E-state index contributed by atoms with van der Waals surface area (Å²) in [6, 6.07) is 9.95. The highest BCUT2D eigenvalue weighted by atomic mass is 32.2. The molecule has 3 aliphatic rings. The summed E-state index contributed by atoms with van der Waals surface area (Å²) in [5, 5.41) is 1.52. The van der Waals surface area contributed by atoms with E-state index in [0.717, 1.165) is 6.42 Å². The molecule has 2 bridgehead atoms. The molecule has 150 valence electrons. The van der Waals surface area contributed by atoms with Crippen molar-refractivity contribution in [1.29, 1.82) is 0 Å². The van der Waals surface area contributed by atoms with Gasteiger partial charge >= 0.3 is 0 Å². The Kier molecular flexibility index (Phi) is 3.79. The van der Waals surface area contributed by atoms with Crippen molar-refractivity contribution in [3.8, 4) is 0 Å². The number of nitrogens with zero attached hydrogens (tertiary/aromatic N) is 1. The van der Waals surface area contributed by atoms with Gasteiger partial charge in [-0.3, -0.25) is 14.4 Å². The second kappa shape index (κ2) is 5.96. The number of rotatable bonds is 4. The van der Waals surface area contributed by atoms with E-state index in [1.807, 2.05) is 6.92 Å². The van der Waals surface area contributed by atoms with E-state index in [9.17, 15) is 22.8 Å². The van der Waals surface area contributed by atoms with Crippen LogP contribution >= 0.6 is 0 Å². The SMILES string of the molecule is CC1C2CCC1(CS(=O)(=O)ON1C(=O)c3cccc4cccc(c34)C1=O)C(=O)C2. The van der Waals surface area contributed by atoms with Gasteiger partial charge in [0.25, 0.3) is 21.9 Å². The second-order valence-corrected chi connectivity index (χ2v) is 9.81. The zero-order valence-corrected chi connectivity index (χ0v) is 16.6. The number of carbonyl (C=O) groups excluding carboxylic acids is 3. The van der Waals surface area contributed by atoms with Gasteiger partial charge in [0.2, 0.25) is 0 Å². The van der Waals surface area contributed by atoms with E-state index in [-0.39, 0.29) is 28.7 Å².